The highest BCUT2D eigenvalue weighted by atomic mass is 32.2. The van der Waals surface area contributed by atoms with Gasteiger partial charge >= 0.3 is 0 Å². The molecule has 0 aliphatic rings. The van der Waals surface area contributed by atoms with Gasteiger partial charge in [0.2, 0.25) is 0 Å². The molecule has 0 fully saturated rings. The van der Waals surface area contributed by atoms with Crippen LogP contribution >= 0.6 is 0 Å². The highest BCUT2D eigenvalue weighted by molar-refractivity contribution is 7.90. The van der Waals surface area contributed by atoms with Crippen molar-refractivity contribution in [1.82, 2.24) is 15.0 Å². The van der Waals surface area contributed by atoms with E-state index in [0.29, 0.717) is 11.4 Å². The number of nitrogens with zero attached hydrogens (tertiary/aromatic N) is 3. The van der Waals surface area contributed by atoms with Crippen LogP contribution < -0.4 is 5.32 Å². The van der Waals surface area contributed by atoms with Gasteiger partial charge < -0.3 is 5.32 Å². The molecule has 1 aromatic heterocycles. The lowest BCUT2D eigenvalue weighted by Gasteiger charge is -2.04. The first-order valence-corrected chi connectivity index (χ1v) is 9.34. The molecule has 1 amide bonds. The van der Waals surface area contributed by atoms with E-state index < -0.39 is 15.7 Å². The molecule has 1 heterocycles. The Balaban J connectivity index is 1.81. The topological polar surface area (TPSA) is 93.9 Å². The van der Waals surface area contributed by atoms with E-state index in [1.807, 2.05) is 30.3 Å². The number of para-hydroxylation sites is 1. The van der Waals surface area contributed by atoms with Crippen LogP contribution in [0, 0.1) is 6.92 Å². The fourth-order valence-electron chi connectivity index (χ4n) is 2.24. The SMILES string of the molecule is Cc1nn(-c2ccccc2)nc1C(=O)Nc1ccc(S(C)(=O)=O)cc1. The second kappa shape index (κ2) is 6.48. The molecule has 2 aromatic carbocycles. The number of carbonyl (C=O) groups excluding carboxylic acids is 1. The normalized spacial score (nSPS) is 11.3. The smallest absolute Gasteiger partial charge is 0.278 e. The number of benzene rings is 2. The van der Waals surface area contributed by atoms with E-state index in [9.17, 15) is 13.2 Å². The third-order valence-corrected chi connectivity index (χ3v) is 4.65. The molecule has 0 bridgehead atoms. The summed E-state index contributed by atoms with van der Waals surface area (Å²) in [5, 5.41) is 11.2. The standard InChI is InChI=1S/C17H16N4O3S/c1-12-16(20-21(19-12)14-6-4-3-5-7-14)17(22)18-13-8-10-15(11-9-13)25(2,23)24/h3-11H,1-2H3,(H,18,22). The van der Waals surface area contributed by atoms with Crippen LogP contribution in [0.1, 0.15) is 16.2 Å². The number of carbonyl (C=O) groups is 1. The number of nitrogens with one attached hydrogen (secondary N) is 1. The van der Waals surface area contributed by atoms with Crippen molar-refractivity contribution in [3.05, 3.63) is 66.0 Å². The van der Waals surface area contributed by atoms with E-state index in [1.165, 1.54) is 29.1 Å². The van der Waals surface area contributed by atoms with Crippen LogP contribution in [-0.2, 0) is 9.84 Å². The van der Waals surface area contributed by atoms with Crippen molar-refractivity contribution in [3.63, 3.8) is 0 Å². The van der Waals surface area contributed by atoms with Gasteiger partial charge in [-0.15, -0.1) is 5.10 Å². The van der Waals surface area contributed by atoms with Gasteiger partial charge in [0.1, 0.15) is 0 Å². The van der Waals surface area contributed by atoms with Crippen LogP contribution in [0.5, 0.6) is 0 Å². The molecule has 0 saturated heterocycles. The Morgan fingerprint density at radius 3 is 2.24 bits per heavy atom. The maximum atomic E-state index is 12.4. The van der Waals surface area contributed by atoms with Gasteiger partial charge in [0.05, 0.1) is 16.3 Å². The maximum Gasteiger partial charge on any atom is 0.278 e. The Labute approximate surface area is 145 Å². The Morgan fingerprint density at radius 1 is 1.00 bits per heavy atom. The molecule has 0 saturated carbocycles. The third kappa shape index (κ3) is 3.74. The number of hydrogen-bond acceptors (Lipinski definition) is 5. The predicted octanol–water partition coefficient (Wildman–Crippen LogP) is 2.23. The summed E-state index contributed by atoms with van der Waals surface area (Å²) in [6.45, 7) is 1.70. The largest absolute Gasteiger partial charge is 0.321 e. The molecule has 0 unspecified atom stereocenters. The van der Waals surface area contributed by atoms with Gasteiger partial charge in [-0.1, -0.05) is 18.2 Å². The first-order chi connectivity index (χ1) is 11.8. The molecule has 3 rings (SSSR count). The van der Waals surface area contributed by atoms with Crippen molar-refractivity contribution >= 4 is 21.4 Å². The molecule has 0 aliphatic heterocycles. The van der Waals surface area contributed by atoms with Gasteiger partial charge in [0.25, 0.3) is 5.91 Å². The first kappa shape index (κ1) is 16.8. The van der Waals surface area contributed by atoms with Crippen molar-refractivity contribution in [2.75, 3.05) is 11.6 Å². The number of anilines is 1. The van der Waals surface area contributed by atoms with Crippen molar-refractivity contribution < 1.29 is 13.2 Å². The Morgan fingerprint density at radius 2 is 1.64 bits per heavy atom. The zero-order chi connectivity index (χ0) is 18.0. The van der Waals surface area contributed by atoms with Crippen molar-refractivity contribution in [2.45, 2.75) is 11.8 Å². The Hall–Kier alpha value is -3.00. The zero-order valence-electron chi connectivity index (χ0n) is 13.7. The minimum Gasteiger partial charge on any atom is -0.321 e. The molecule has 8 heteroatoms. The van der Waals surface area contributed by atoms with Crippen LogP contribution in [0.15, 0.2) is 59.5 Å². The van der Waals surface area contributed by atoms with Gasteiger partial charge in [-0.05, 0) is 43.3 Å². The van der Waals surface area contributed by atoms with Crippen molar-refractivity contribution in [2.24, 2.45) is 0 Å². The van der Waals surface area contributed by atoms with E-state index in [1.54, 1.807) is 6.92 Å². The van der Waals surface area contributed by atoms with E-state index in [0.717, 1.165) is 11.9 Å². The highest BCUT2D eigenvalue weighted by Gasteiger charge is 2.17. The third-order valence-electron chi connectivity index (χ3n) is 3.52. The van der Waals surface area contributed by atoms with E-state index in [2.05, 4.69) is 15.5 Å². The summed E-state index contributed by atoms with van der Waals surface area (Å²) in [6, 6.07) is 15.2. The summed E-state index contributed by atoms with van der Waals surface area (Å²) >= 11 is 0. The molecule has 128 valence electrons. The van der Waals surface area contributed by atoms with Crippen molar-refractivity contribution in [3.8, 4) is 5.69 Å². The number of sulfone groups is 1. The molecular weight excluding hydrogens is 340 g/mol. The second-order valence-corrected chi connectivity index (χ2v) is 7.53. The second-order valence-electron chi connectivity index (χ2n) is 5.51. The lowest BCUT2D eigenvalue weighted by atomic mass is 10.3. The summed E-state index contributed by atoms with van der Waals surface area (Å²) in [5.41, 5.74) is 1.93. The molecule has 25 heavy (non-hydrogen) atoms. The Bertz CT molecular complexity index is 1010. The predicted molar refractivity (Wildman–Crippen MR) is 93.6 cm³/mol. The lowest BCUT2D eigenvalue weighted by molar-refractivity contribution is 0.102. The summed E-state index contributed by atoms with van der Waals surface area (Å²) in [5.74, 6) is -0.410. The zero-order valence-corrected chi connectivity index (χ0v) is 14.5. The molecule has 0 radical (unpaired) electrons. The minimum absolute atomic E-state index is 0.191. The van der Waals surface area contributed by atoms with Crippen LogP contribution in [0.3, 0.4) is 0 Å². The van der Waals surface area contributed by atoms with Crippen LogP contribution in [0.4, 0.5) is 5.69 Å². The number of hydrogen-bond donors (Lipinski definition) is 1. The number of aromatic nitrogens is 3. The molecule has 0 spiro atoms. The van der Waals surface area contributed by atoms with E-state index in [4.69, 9.17) is 0 Å². The van der Waals surface area contributed by atoms with Crippen LogP contribution in [0.25, 0.3) is 5.69 Å². The summed E-state index contributed by atoms with van der Waals surface area (Å²) in [6.07, 6.45) is 1.13. The average Bonchev–Trinajstić information content (AvgIpc) is 2.97. The fraction of sp³-hybridized carbons (Fsp3) is 0.118. The minimum atomic E-state index is -3.27. The molecule has 0 aliphatic carbocycles. The molecule has 1 N–H and O–H groups in total. The quantitative estimate of drug-likeness (QED) is 0.774. The monoisotopic (exact) mass is 356 g/mol. The summed E-state index contributed by atoms with van der Waals surface area (Å²) < 4.78 is 22.9. The van der Waals surface area contributed by atoms with E-state index >= 15 is 0 Å². The van der Waals surface area contributed by atoms with Crippen LogP contribution in [-0.4, -0.2) is 35.6 Å². The Kier molecular flexibility index (Phi) is 4.37. The molecular formula is C17H16N4O3S. The number of aryl methyl sites for hydroxylation is 1. The number of amides is 1. The van der Waals surface area contributed by atoms with Crippen LogP contribution in [0.2, 0.25) is 0 Å². The summed E-state index contributed by atoms with van der Waals surface area (Å²) in [4.78, 5) is 14.0. The molecule has 0 atom stereocenters. The first-order valence-electron chi connectivity index (χ1n) is 7.45. The van der Waals surface area contributed by atoms with E-state index in [-0.39, 0.29) is 10.6 Å². The van der Waals surface area contributed by atoms with Gasteiger partial charge in [-0.2, -0.15) is 9.90 Å². The molecule has 7 nitrogen and oxygen atoms in total. The van der Waals surface area contributed by atoms with Gasteiger partial charge in [-0.3, -0.25) is 4.79 Å². The van der Waals surface area contributed by atoms with Crippen molar-refractivity contribution in [1.29, 1.82) is 0 Å². The summed E-state index contributed by atoms with van der Waals surface area (Å²) in [7, 11) is -3.27. The number of rotatable bonds is 4. The highest BCUT2D eigenvalue weighted by Crippen LogP contribution is 2.15. The van der Waals surface area contributed by atoms with Gasteiger partial charge in [-0.25, -0.2) is 8.42 Å². The maximum absolute atomic E-state index is 12.4. The average molecular weight is 356 g/mol. The van der Waals surface area contributed by atoms with Gasteiger partial charge in [0.15, 0.2) is 15.5 Å². The van der Waals surface area contributed by atoms with Gasteiger partial charge in [0, 0.05) is 11.9 Å². The fourth-order valence-corrected chi connectivity index (χ4v) is 2.87. The lowest BCUT2D eigenvalue weighted by Crippen LogP contribution is -2.14. The molecule has 3 aromatic rings.